The van der Waals surface area contributed by atoms with Crippen molar-refractivity contribution in [2.75, 3.05) is 9.80 Å². The molecule has 1 aliphatic rings. The van der Waals surface area contributed by atoms with Crippen molar-refractivity contribution < 1.29 is 14.7 Å². The molecule has 0 bridgehead atoms. The number of amides is 3. The lowest BCUT2D eigenvalue weighted by Gasteiger charge is -2.30. The highest BCUT2D eigenvalue weighted by Crippen LogP contribution is 2.41. The van der Waals surface area contributed by atoms with Crippen LogP contribution in [0.5, 0.6) is 0 Å². The van der Waals surface area contributed by atoms with Gasteiger partial charge in [-0.3, -0.25) is 9.69 Å². The van der Waals surface area contributed by atoms with E-state index in [0.717, 1.165) is 18.7 Å². The number of halogens is 2. The van der Waals surface area contributed by atoms with Gasteiger partial charge in [0, 0.05) is 20.2 Å². The number of urea groups is 1. The molecule has 1 fully saturated rings. The van der Waals surface area contributed by atoms with E-state index in [1.165, 1.54) is 0 Å². The Kier molecular flexibility index (Phi) is 4.82. The Balaban J connectivity index is 1.90. The van der Waals surface area contributed by atoms with Crippen LogP contribution < -0.4 is 9.80 Å². The van der Waals surface area contributed by atoms with Gasteiger partial charge in [0.05, 0.1) is 5.69 Å². The normalized spacial score (nSPS) is 19.4. The van der Waals surface area contributed by atoms with Crippen LogP contribution in [0.15, 0.2) is 87.8 Å². The second-order valence-corrected chi connectivity index (χ2v) is 8.08. The van der Waals surface area contributed by atoms with Gasteiger partial charge in [0.2, 0.25) is 0 Å². The van der Waals surface area contributed by atoms with E-state index in [-0.39, 0.29) is 0 Å². The Bertz CT molecular complexity index is 1040. The lowest BCUT2D eigenvalue weighted by atomic mass is 10.0. The predicted octanol–water partition coefficient (Wildman–Crippen LogP) is 5.03. The molecule has 3 aromatic carbocycles. The molecule has 1 aliphatic heterocycles. The second kappa shape index (κ2) is 7.16. The molecule has 4 rings (SSSR count). The third-order valence-electron chi connectivity index (χ3n) is 4.55. The number of rotatable bonds is 3. The summed E-state index contributed by atoms with van der Waals surface area (Å²) in [6, 6.07) is 21.5. The smallest absolute Gasteiger partial charge is 0.339 e. The van der Waals surface area contributed by atoms with Crippen molar-refractivity contribution in [3.05, 3.63) is 93.4 Å². The number of nitrogens with zero attached hydrogens (tertiary/aromatic N) is 2. The molecule has 0 aliphatic carbocycles. The average Bonchev–Trinajstić information content (AvgIpc) is 2.91. The van der Waals surface area contributed by atoms with Gasteiger partial charge in [-0.05, 0) is 48.5 Å². The van der Waals surface area contributed by atoms with E-state index in [9.17, 15) is 14.7 Å². The number of anilines is 2. The zero-order valence-corrected chi connectivity index (χ0v) is 17.6. The van der Waals surface area contributed by atoms with Crippen LogP contribution in [0.25, 0.3) is 0 Å². The van der Waals surface area contributed by atoms with Crippen LogP contribution >= 0.6 is 31.9 Å². The first kappa shape index (κ1) is 18.9. The molecule has 1 saturated heterocycles. The van der Waals surface area contributed by atoms with Crippen LogP contribution in [0, 0.1) is 0 Å². The van der Waals surface area contributed by atoms with E-state index in [1.54, 1.807) is 78.9 Å². The molecule has 3 amide bonds. The van der Waals surface area contributed by atoms with Crippen molar-refractivity contribution in [2.24, 2.45) is 0 Å². The molecule has 1 atom stereocenters. The summed E-state index contributed by atoms with van der Waals surface area (Å²) in [5.41, 5.74) is -1.05. The average molecular weight is 502 g/mol. The molecule has 5 nitrogen and oxygen atoms in total. The van der Waals surface area contributed by atoms with Gasteiger partial charge in [-0.2, -0.15) is 0 Å². The second-order valence-electron chi connectivity index (χ2n) is 6.25. The molecular weight excluding hydrogens is 488 g/mol. The molecule has 0 radical (unpaired) electrons. The van der Waals surface area contributed by atoms with Crippen molar-refractivity contribution in [3.63, 3.8) is 0 Å². The van der Waals surface area contributed by atoms with Gasteiger partial charge in [-0.25, -0.2) is 9.69 Å². The first-order valence-electron chi connectivity index (χ1n) is 8.40. The minimum absolute atomic E-state index is 0.316. The predicted molar refractivity (Wildman–Crippen MR) is 114 cm³/mol. The summed E-state index contributed by atoms with van der Waals surface area (Å²) in [4.78, 5) is 28.8. The Morgan fingerprint density at radius 2 is 1.21 bits per heavy atom. The third-order valence-corrected chi connectivity index (χ3v) is 5.61. The lowest BCUT2D eigenvalue weighted by Crippen LogP contribution is -2.47. The van der Waals surface area contributed by atoms with Crippen LogP contribution in [-0.2, 0) is 10.5 Å². The Morgan fingerprint density at radius 1 is 0.714 bits per heavy atom. The van der Waals surface area contributed by atoms with Gasteiger partial charge in [-0.15, -0.1) is 0 Å². The quantitative estimate of drug-likeness (QED) is 0.512. The molecule has 140 valence electrons. The molecule has 1 heterocycles. The fraction of sp³-hybridized carbons (Fsp3) is 0.0476. The van der Waals surface area contributed by atoms with Gasteiger partial charge in [0.25, 0.3) is 11.6 Å². The molecular formula is C21H14Br2N2O3. The third kappa shape index (κ3) is 2.96. The summed E-state index contributed by atoms with van der Waals surface area (Å²) >= 11 is 6.71. The molecule has 0 aromatic heterocycles. The summed E-state index contributed by atoms with van der Waals surface area (Å²) in [6.07, 6.45) is 0. The van der Waals surface area contributed by atoms with Crippen molar-refractivity contribution in [2.45, 2.75) is 5.72 Å². The highest BCUT2D eigenvalue weighted by Gasteiger charge is 2.59. The molecule has 0 unspecified atom stereocenters. The molecule has 28 heavy (non-hydrogen) atoms. The molecule has 0 spiro atoms. The Hall–Kier alpha value is -2.48. The maximum absolute atomic E-state index is 13.4. The number of benzene rings is 3. The van der Waals surface area contributed by atoms with Crippen molar-refractivity contribution in [3.8, 4) is 0 Å². The van der Waals surface area contributed by atoms with E-state index in [4.69, 9.17) is 0 Å². The van der Waals surface area contributed by atoms with E-state index in [1.807, 2.05) is 0 Å². The highest BCUT2D eigenvalue weighted by atomic mass is 79.9. The number of carbonyl (C=O) groups is 2. The molecule has 3 aromatic rings. The van der Waals surface area contributed by atoms with Crippen molar-refractivity contribution in [1.82, 2.24) is 0 Å². The molecule has 7 heteroatoms. The minimum Gasteiger partial charge on any atom is -0.359 e. The first-order chi connectivity index (χ1) is 13.4. The topological polar surface area (TPSA) is 60.9 Å². The van der Waals surface area contributed by atoms with E-state index in [2.05, 4.69) is 31.9 Å². The fourth-order valence-electron chi connectivity index (χ4n) is 3.21. The number of hydrogen-bond acceptors (Lipinski definition) is 3. The van der Waals surface area contributed by atoms with Crippen molar-refractivity contribution in [1.29, 1.82) is 0 Å². The first-order valence-corrected chi connectivity index (χ1v) is 9.99. The SMILES string of the molecule is O=C1N(c2ccc(Br)cc2)C(=O)[C@](O)(c2ccccc2)N1c1ccc(Br)cc1. The van der Waals surface area contributed by atoms with Gasteiger partial charge < -0.3 is 5.11 Å². The van der Waals surface area contributed by atoms with Crippen LogP contribution in [0.2, 0.25) is 0 Å². The highest BCUT2D eigenvalue weighted by molar-refractivity contribution is 9.10. The molecule has 0 saturated carbocycles. The zero-order chi connectivity index (χ0) is 19.9. The Morgan fingerprint density at radius 3 is 1.75 bits per heavy atom. The lowest BCUT2D eigenvalue weighted by molar-refractivity contribution is -0.133. The summed E-state index contributed by atoms with van der Waals surface area (Å²) in [6.45, 7) is 0. The summed E-state index contributed by atoms with van der Waals surface area (Å²) in [5, 5.41) is 11.6. The van der Waals surface area contributed by atoms with Crippen LogP contribution in [0.3, 0.4) is 0 Å². The largest absolute Gasteiger partial charge is 0.359 e. The maximum Gasteiger partial charge on any atom is 0.339 e. The number of imide groups is 1. The number of hydrogen-bond donors (Lipinski definition) is 1. The minimum atomic E-state index is -2.15. The van der Waals surface area contributed by atoms with E-state index < -0.39 is 17.7 Å². The molecule has 1 N–H and O–H groups in total. The maximum atomic E-state index is 13.4. The monoisotopic (exact) mass is 500 g/mol. The fourth-order valence-corrected chi connectivity index (χ4v) is 3.73. The number of carbonyl (C=O) groups excluding carboxylic acids is 2. The van der Waals surface area contributed by atoms with Gasteiger partial charge in [0.15, 0.2) is 0 Å². The summed E-state index contributed by atoms with van der Waals surface area (Å²) in [5.74, 6) is -0.728. The number of aliphatic hydroxyl groups is 1. The summed E-state index contributed by atoms with van der Waals surface area (Å²) < 4.78 is 1.64. The van der Waals surface area contributed by atoms with Crippen molar-refractivity contribution >= 4 is 55.2 Å². The van der Waals surface area contributed by atoms with Crippen LogP contribution in [0.4, 0.5) is 16.2 Å². The van der Waals surface area contributed by atoms with E-state index in [0.29, 0.717) is 16.9 Å². The standard InChI is InChI=1S/C21H14Br2N2O3/c22-15-6-10-17(11-7-15)24-19(26)21(28,14-4-2-1-3-5-14)25(20(24)27)18-12-8-16(23)9-13-18/h1-13,28H/t21-/m1/s1. The van der Waals surface area contributed by atoms with Crippen LogP contribution in [0.1, 0.15) is 5.56 Å². The van der Waals surface area contributed by atoms with Gasteiger partial charge in [0.1, 0.15) is 0 Å². The van der Waals surface area contributed by atoms with E-state index >= 15 is 0 Å². The van der Waals surface area contributed by atoms with Crippen LogP contribution in [-0.4, -0.2) is 17.0 Å². The Labute approximate surface area is 178 Å². The van der Waals surface area contributed by atoms with Gasteiger partial charge in [-0.1, -0.05) is 62.2 Å². The van der Waals surface area contributed by atoms with Gasteiger partial charge >= 0.3 is 6.03 Å². The summed E-state index contributed by atoms with van der Waals surface area (Å²) in [7, 11) is 0. The zero-order valence-electron chi connectivity index (χ0n) is 14.4.